The van der Waals surface area contributed by atoms with Crippen LogP contribution in [-0.2, 0) is 9.53 Å². The third kappa shape index (κ3) is 2.64. The Morgan fingerprint density at radius 1 is 1.67 bits per heavy atom. The molecule has 0 unspecified atom stereocenters. The first-order valence-electron chi connectivity index (χ1n) is 4.15. The molecule has 0 bridgehead atoms. The van der Waals surface area contributed by atoms with Gasteiger partial charge in [-0.1, -0.05) is 6.92 Å². The van der Waals surface area contributed by atoms with E-state index < -0.39 is 0 Å². The molecule has 4 heteroatoms. The predicted octanol–water partition coefficient (Wildman–Crippen LogP) is 0.969. The highest BCUT2D eigenvalue weighted by Gasteiger charge is 2.29. The maximum absolute atomic E-state index is 11.2. The second-order valence-corrected chi connectivity index (χ2v) is 2.95. The number of nitrogens with one attached hydrogen (secondary N) is 1. The van der Waals surface area contributed by atoms with E-state index in [4.69, 9.17) is 4.74 Å². The lowest BCUT2D eigenvalue weighted by molar-refractivity contribution is -0.146. The van der Waals surface area contributed by atoms with Crippen LogP contribution in [0.1, 0.15) is 20.3 Å². The molecule has 0 radical (unpaired) electrons. The van der Waals surface area contributed by atoms with Gasteiger partial charge >= 0.3 is 5.97 Å². The minimum Gasteiger partial charge on any atom is -0.465 e. The molecule has 0 aromatic heterocycles. The van der Waals surface area contributed by atoms with Crippen LogP contribution >= 0.6 is 12.4 Å². The summed E-state index contributed by atoms with van der Waals surface area (Å²) in [5.41, 5.74) is 0. The van der Waals surface area contributed by atoms with Gasteiger partial charge in [-0.25, -0.2) is 0 Å². The molecule has 12 heavy (non-hydrogen) atoms. The Labute approximate surface area is 79.3 Å². The van der Waals surface area contributed by atoms with Gasteiger partial charge in [0.15, 0.2) is 0 Å². The number of carbonyl (C=O) groups excluding carboxylic acids is 1. The van der Waals surface area contributed by atoms with Gasteiger partial charge in [-0.05, 0) is 25.8 Å². The van der Waals surface area contributed by atoms with Crippen molar-refractivity contribution in [3.63, 3.8) is 0 Å². The monoisotopic (exact) mass is 193 g/mol. The van der Waals surface area contributed by atoms with Crippen molar-refractivity contribution in [1.82, 2.24) is 5.32 Å². The Morgan fingerprint density at radius 3 is 2.75 bits per heavy atom. The minimum atomic E-state index is -0.0995. The Kier molecular flexibility index (Phi) is 5.25. The van der Waals surface area contributed by atoms with Crippen LogP contribution < -0.4 is 5.32 Å². The molecule has 0 amide bonds. The number of ether oxygens (including phenoxy) is 1. The molecule has 1 N–H and O–H groups in total. The summed E-state index contributed by atoms with van der Waals surface area (Å²) in [6.45, 7) is 5.31. The molecule has 1 saturated heterocycles. The lowest BCUT2D eigenvalue weighted by atomic mass is 10.0. The smallest absolute Gasteiger partial charge is 0.323 e. The van der Waals surface area contributed by atoms with Crippen molar-refractivity contribution in [2.75, 3.05) is 13.2 Å². The molecule has 1 fully saturated rings. The summed E-state index contributed by atoms with van der Waals surface area (Å²) in [6.07, 6.45) is 1.07. The topological polar surface area (TPSA) is 38.3 Å². The molecule has 1 heterocycles. The fourth-order valence-corrected chi connectivity index (χ4v) is 1.38. The molecule has 72 valence electrons. The van der Waals surface area contributed by atoms with Gasteiger partial charge in [-0.2, -0.15) is 0 Å². The number of hydrogen-bond acceptors (Lipinski definition) is 3. The second kappa shape index (κ2) is 5.38. The number of halogens is 1. The average Bonchev–Trinajstić information content (AvgIpc) is 2.36. The van der Waals surface area contributed by atoms with E-state index in [0.717, 1.165) is 13.0 Å². The zero-order chi connectivity index (χ0) is 8.27. The van der Waals surface area contributed by atoms with E-state index in [2.05, 4.69) is 12.2 Å². The maximum atomic E-state index is 11.2. The van der Waals surface area contributed by atoms with Crippen molar-refractivity contribution in [3.8, 4) is 0 Å². The van der Waals surface area contributed by atoms with Crippen LogP contribution in [0.25, 0.3) is 0 Å². The van der Waals surface area contributed by atoms with Gasteiger partial charge in [-0.15, -0.1) is 12.4 Å². The molecule has 3 nitrogen and oxygen atoms in total. The Balaban J connectivity index is 0.00000121. The summed E-state index contributed by atoms with van der Waals surface area (Å²) >= 11 is 0. The fraction of sp³-hybridized carbons (Fsp3) is 0.875. The van der Waals surface area contributed by atoms with Crippen molar-refractivity contribution in [1.29, 1.82) is 0 Å². The number of rotatable bonds is 2. The van der Waals surface area contributed by atoms with Gasteiger partial charge in [0.25, 0.3) is 0 Å². The lowest BCUT2D eigenvalue weighted by Gasteiger charge is -2.12. The highest BCUT2D eigenvalue weighted by molar-refractivity contribution is 5.85. The predicted molar refractivity (Wildman–Crippen MR) is 49.5 cm³/mol. The van der Waals surface area contributed by atoms with E-state index in [-0.39, 0.29) is 24.4 Å². The van der Waals surface area contributed by atoms with Gasteiger partial charge in [0.2, 0.25) is 0 Å². The van der Waals surface area contributed by atoms with Crippen LogP contribution in [0.3, 0.4) is 0 Å². The van der Waals surface area contributed by atoms with E-state index in [1.165, 1.54) is 0 Å². The van der Waals surface area contributed by atoms with Gasteiger partial charge in [-0.3, -0.25) is 4.79 Å². The van der Waals surface area contributed by atoms with Gasteiger partial charge in [0.05, 0.1) is 6.61 Å². The third-order valence-electron chi connectivity index (χ3n) is 2.07. The van der Waals surface area contributed by atoms with Crippen LogP contribution in [0.4, 0.5) is 0 Å². The van der Waals surface area contributed by atoms with Crippen molar-refractivity contribution >= 4 is 18.4 Å². The molecule has 0 spiro atoms. The molecule has 0 aliphatic carbocycles. The Morgan fingerprint density at radius 2 is 2.33 bits per heavy atom. The largest absolute Gasteiger partial charge is 0.465 e. The molecule has 0 saturated carbocycles. The Bertz CT molecular complexity index is 152. The van der Waals surface area contributed by atoms with Crippen molar-refractivity contribution < 1.29 is 9.53 Å². The van der Waals surface area contributed by atoms with Crippen LogP contribution in [0.15, 0.2) is 0 Å². The maximum Gasteiger partial charge on any atom is 0.323 e. The first-order valence-corrected chi connectivity index (χ1v) is 4.15. The van der Waals surface area contributed by atoms with Gasteiger partial charge < -0.3 is 10.1 Å². The molecule has 1 aliphatic rings. The van der Waals surface area contributed by atoms with Crippen LogP contribution in [0, 0.1) is 5.92 Å². The SMILES string of the molecule is CCOC(=O)[C@H]1NCC[C@@H]1C.Cl. The zero-order valence-corrected chi connectivity index (χ0v) is 8.32. The highest BCUT2D eigenvalue weighted by atomic mass is 35.5. The summed E-state index contributed by atoms with van der Waals surface area (Å²) in [5.74, 6) is 0.326. The van der Waals surface area contributed by atoms with E-state index in [1.807, 2.05) is 6.92 Å². The minimum absolute atomic E-state index is 0. The Hall–Kier alpha value is -0.280. The highest BCUT2D eigenvalue weighted by Crippen LogP contribution is 2.15. The summed E-state index contributed by atoms with van der Waals surface area (Å²) in [6, 6.07) is -0.0602. The molecule has 0 aromatic carbocycles. The molecular weight excluding hydrogens is 178 g/mol. The molecule has 0 aromatic rings. The van der Waals surface area contributed by atoms with E-state index in [0.29, 0.717) is 12.5 Å². The van der Waals surface area contributed by atoms with E-state index in [9.17, 15) is 4.79 Å². The standard InChI is InChI=1S/C8H15NO2.ClH/c1-3-11-8(10)7-6(2)4-5-9-7;/h6-7,9H,3-5H2,1-2H3;1H/t6-,7-;/m0./s1. The quantitative estimate of drug-likeness (QED) is 0.665. The fourth-order valence-electron chi connectivity index (χ4n) is 1.38. The van der Waals surface area contributed by atoms with Crippen molar-refractivity contribution in [2.45, 2.75) is 26.3 Å². The van der Waals surface area contributed by atoms with E-state index in [1.54, 1.807) is 0 Å². The number of hydrogen-bond donors (Lipinski definition) is 1. The molecule has 1 rings (SSSR count). The van der Waals surface area contributed by atoms with Gasteiger partial charge in [0, 0.05) is 0 Å². The molecule has 2 atom stereocenters. The third-order valence-corrected chi connectivity index (χ3v) is 2.07. The number of esters is 1. The summed E-state index contributed by atoms with van der Waals surface area (Å²) in [4.78, 5) is 11.2. The van der Waals surface area contributed by atoms with Gasteiger partial charge in [0.1, 0.15) is 6.04 Å². The molecule has 1 aliphatic heterocycles. The average molecular weight is 194 g/mol. The van der Waals surface area contributed by atoms with Crippen molar-refractivity contribution in [3.05, 3.63) is 0 Å². The summed E-state index contributed by atoms with van der Waals surface area (Å²) in [5, 5.41) is 3.12. The lowest BCUT2D eigenvalue weighted by Crippen LogP contribution is -2.36. The van der Waals surface area contributed by atoms with Crippen LogP contribution in [0.5, 0.6) is 0 Å². The number of carbonyl (C=O) groups is 1. The second-order valence-electron chi connectivity index (χ2n) is 2.95. The zero-order valence-electron chi connectivity index (χ0n) is 7.50. The van der Waals surface area contributed by atoms with Crippen LogP contribution in [-0.4, -0.2) is 25.2 Å². The first kappa shape index (κ1) is 11.7. The summed E-state index contributed by atoms with van der Waals surface area (Å²) in [7, 11) is 0. The molecular formula is C8H16ClNO2. The van der Waals surface area contributed by atoms with Crippen molar-refractivity contribution in [2.24, 2.45) is 5.92 Å². The van der Waals surface area contributed by atoms with E-state index >= 15 is 0 Å². The normalized spacial score (nSPS) is 27.8. The van der Waals surface area contributed by atoms with Crippen LogP contribution in [0.2, 0.25) is 0 Å². The first-order chi connectivity index (χ1) is 5.25. The summed E-state index contributed by atoms with van der Waals surface area (Å²) < 4.78 is 4.89.